The fourth-order valence-electron chi connectivity index (χ4n) is 2.58. The van der Waals surface area contributed by atoms with Crippen LogP contribution in [0.2, 0.25) is 0 Å². The number of thiocarbonyl (C=S) groups is 1. The van der Waals surface area contributed by atoms with Gasteiger partial charge in [0.05, 0.1) is 6.42 Å². The molecule has 3 rings (SSSR count). The molecule has 0 radical (unpaired) electrons. The van der Waals surface area contributed by atoms with Gasteiger partial charge in [0.25, 0.3) is 0 Å². The van der Waals surface area contributed by atoms with Gasteiger partial charge in [-0.15, -0.1) is 0 Å². The van der Waals surface area contributed by atoms with Gasteiger partial charge in [0.15, 0.2) is 5.11 Å². The zero-order valence-electron chi connectivity index (χ0n) is 13.4. The highest BCUT2D eigenvalue weighted by Crippen LogP contribution is 2.18. The van der Waals surface area contributed by atoms with Crippen LogP contribution in [0.5, 0.6) is 0 Å². The molecule has 0 aliphatic heterocycles. The molecule has 3 nitrogen and oxygen atoms in total. The molecule has 0 saturated heterocycles. The summed E-state index contributed by atoms with van der Waals surface area (Å²) in [5.74, 6) is -0.123. The van der Waals surface area contributed by atoms with Gasteiger partial charge in [-0.05, 0) is 53.2 Å². The quantitative estimate of drug-likeness (QED) is 0.705. The number of fused-ring (bicyclic) bond motifs is 1. The highest BCUT2D eigenvalue weighted by molar-refractivity contribution is 7.80. The fraction of sp³-hybridized carbons (Fsp3) is 0.100. The maximum atomic E-state index is 12.1. The number of amides is 1. The molecule has 4 heteroatoms. The van der Waals surface area contributed by atoms with Gasteiger partial charge in [-0.25, -0.2) is 0 Å². The van der Waals surface area contributed by atoms with Crippen molar-refractivity contribution in [1.82, 2.24) is 5.32 Å². The van der Waals surface area contributed by atoms with Crippen molar-refractivity contribution in [1.29, 1.82) is 0 Å². The molecule has 0 aliphatic carbocycles. The van der Waals surface area contributed by atoms with E-state index in [2.05, 4.69) is 16.7 Å². The predicted molar refractivity (Wildman–Crippen MR) is 103 cm³/mol. The third kappa shape index (κ3) is 3.97. The lowest BCUT2D eigenvalue weighted by Gasteiger charge is -2.11. The van der Waals surface area contributed by atoms with E-state index in [0.29, 0.717) is 11.5 Å². The summed E-state index contributed by atoms with van der Waals surface area (Å²) in [4.78, 5) is 12.1. The van der Waals surface area contributed by atoms with Crippen LogP contribution in [0.1, 0.15) is 11.1 Å². The van der Waals surface area contributed by atoms with Crippen molar-refractivity contribution in [2.45, 2.75) is 13.3 Å². The largest absolute Gasteiger partial charge is 0.332 e. The van der Waals surface area contributed by atoms with Crippen LogP contribution in [0.15, 0.2) is 66.7 Å². The number of nitrogens with one attached hydrogen (secondary N) is 2. The van der Waals surface area contributed by atoms with Crippen molar-refractivity contribution in [3.05, 3.63) is 77.9 Å². The van der Waals surface area contributed by atoms with E-state index in [0.717, 1.165) is 27.6 Å². The molecule has 0 aliphatic rings. The van der Waals surface area contributed by atoms with Crippen molar-refractivity contribution in [3.63, 3.8) is 0 Å². The number of benzene rings is 3. The summed E-state index contributed by atoms with van der Waals surface area (Å²) in [6.07, 6.45) is 0.312. The van der Waals surface area contributed by atoms with E-state index in [-0.39, 0.29) is 5.91 Å². The third-order valence-corrected chi connectivity index (χ3v) is 4.08. The molecule has 0 spiro atoms. The minimum absolute atomic E-state index is 0.123. The van der Waals surface area contributed by atoms with E-state index < -0.39 is 0 Å². The fourth-order valence-corrected chi connectivity index (χ4v) is 2.81. The summed E-state index contributed by atoms with van der Waals surface area (Å²) in [6.45, 7) is 1.99. The standard InChI is InChI=1S/C20H18N2OS/c1-14-6-2-3-8-16(14)13-19(23)22-20(24)21-18-11-10-15-7-4-5-9-17(15)12-18/h2-12H,13H2,1H3,(H2,21,22,23,24). The molecule has 3 aromatic rings. The molecule has 0 unspecified atom stereocenters. The van der Waals surface area contributed by atoms with Gasteiger partial charge in [0.1, 0.15) is 0 Å². The van der Waals surface area contributed by atoms with Gasteiger partial charge in [-0.1, -0.05) is 54.6 Å². The first kappa shape index (κ1) is 16.1. The SMILES string of the molecule is Cc1ccccc1CC(=O)NC(=S)Nc1ccc2ccccc2c1. The summed E-state index contributed by atoms with van der Waals surface area (Å²) < 4.78 is 0. The zero-order valence-corrected chi connectivity index (χ0v) is 14.2. The predicted octanol–water partition coefficient (Wildman–Crippen LogP) is 4.20. The molecular weight excluding hydrogens is 316 g/mol. The smallest absolute Gasteiger partial charge is 0.230 e. The van der Waals surface area contributed by atoms with E-state index in [9.17, 15) is 4.79 Å². The van der Waals surface area contributed by atoms with Gasteiger partial charge in [0.2, 0.25) is 5.91 Å². The van der Waals surface area contributed by atoms with Crippen LogP contribution in [0, 0.1) is 6.92 Å². The highest BCUT2D eigenvalue weighted by atomic mass is 32.1. The zero-order chi connectivity index (χ0) is 16.9. The summed E-state index contributed by atoms with van der Waals surface area (Å²) in [6, 6.07) is 21.9. The average molecular weight is 334 g/mol. The first-order valence-electron chi connectivity index (χ1n) is 7.76. The average Bonchev–Trinajstić information content (AvgIpc) is 2.56. The molecule has 2 N–H and O–H groups in total. The Kier molecular flexibility index (Phi) is 4.87. The Balaban J connectivity index is 1.62. The molecule has 0 heterocycles. The van der Waals surface area contributed by atoms with Crippen LogP contribution in [-0.4, -0.2) is 11.0 Å². The summed E-state index contributed by atoms with van der Waals surface area (Å²) in [7, 11) is 0. The van der Waals surface area contributed by atoms with Gasteiger partial charge in [-0.3, -0.25) is 4.79 Å². The van der Waals surface area contributed by atoms with Crippen LogP contribution in [0.3, 0.4) is 0 Å². The van der Waals surface area contributed by atoms with Gasteiger partial charge in [0, 0.05) is 5.69 Å². The third-order valence-electron chi connectivity index (χ3n) is 3.87. The number of rotatable bonds is 3. The summed E-state index contributed by atoms with van der Waals surface area (Å²) in [5, 5.41) is 8.39. The first-order chi connectivity index (χ1) is 11.6. The summed E-state index contributed by atoms with van der Waals surface area (Å²) in [5.41, 5.74) is 2.96. The molecule has 24 heavy (non-hydrogen) atoms. The Bertz CT molecular complexity index is 905. The minimum Gasteiger partial charge on any atom is -0.332 e. The van der Waals surface area contributed by atoms with E-state index >= 15 is 0 Å². The van der Waals surface area contributed by atoms with Crippen molar-refractivity contribution >= 4 is 39.7 Å². The molecular formula is C20H18N2OS. The van der Waals surface area contributed by atoms with Crippen LogP contribution in [0.4, 0.5) is 5.69 Å². The Morgan fingerprint density at radius 3 is 2.46 bits per heavy atom. The number of carbonyl (C=O) groups excluding carboxylic acids is 1. The molecule has 0 atom stereocenters. The normalized spacial score (nSPS) is 10.4. The molecule has 3 aromatic carbocycles. The maximum absolute atomic E-state index is 12.1. The number of aryl methyl sites for hydroxylation is 1. The van der Waals surface area contributed by atoms with Gasteiger partial charge < -0.3 is 10.6 Å². The van der Waals surface area contributed by atoms with Gasteiger partial charge in [-0.2, -0.15) is 0 Å². The first-order valence-corrected chi connectivity index (χ1v) is 8.17. The molecule has 0 bridgehead atoms. The minimum atomic E-state index is -0.123. The van der Waals surface area contributed by atoms with Crippen LogP contribution in [0.25, 0.3) is 10.8 Å². The maximum Gasteiger partial charge on any atom is 0.230 e. The number of carbonyl (C=O) groups is 1. The Morgan fingerprint density at radius 1 is 0.958 bits per heavy atom. The molecule has 0 saturated carbocycles. The number of anilines is 1. The van der Waals surface area contributed by atoms with Gasteiger partial charge >= 0.3 is 0 Å². The van der Waals surface area contributed by atoms with E-state index in [1.54, 1.807) is 0 Å². The lowest BCUT2D eigenvalue weighted by Crippen LogP contribution is -2.35. The topological polar surface area (TPSA) is 41.1 Å². The van der Waals surface area contributed by atoms with Crippen molar-refractivity contribution < 1.29 is 4.79 Å². The monoisotopic (exact) mass is 334 g/mol. The summed E-state index contributed by atoms with van der Waals surface area (Å²) >= 11 is 5.24. The second-order valence-corrected chi connectivity index (χ2v) is 6.08. The lowest BCUT2D eigenvalue weighted by atomic mass is 10.1. The van der Waals surface area contributed by atoms with Crippen molar-refractivity contribution in [2.24, 2.45) is 0 Å². The Morgan fingerprint density at radius 2 is 1.67 bits per heavy atom. The lowest BCUT2D eigenvalue weighted by molar-refractivity contribution is -0.119. The highest BCUT2D eigenvalue weighted by Gasteiger charge is 2.08. The molecule has 1 amide bonds. The van der Waals surface area contributed by atoms with E-state index in [1.165, 1.54) is 0 Å². The second-order valence-electron chi connectivity index (χ2n) is 5.67. The second kappa shape index (κ2) is 7.23. The Labute approximate surface area is 146 Å². The molecule has 0 fully saturated rings. The van der Waals surface area contributed by atoms with Crippen LogP contribution in [-0.2, 0) is 11.2 Å². The van der Waals surface area contributed by atoms with E-state index in [4.69, 9.17) is 12.2 Å². The Hall–Kier alpha value is -2.72. The van der Waals surface area contributed by atoms with E-state index in [1.807, 2.05) is 67.6 Å². The molecule has 120 valence electrons. The molecule has 0 aromatic heterocycles. The van der Waals surface area contributed by atoms with Crippen molar-refractivity contribution in [3.8, 4) is 0 Å². The van der Waals surface area contributed by atoms with Crippen LogP contribution >= 0.6 is 12.2 Å². The number of hydrogen-bond acceptors (Lipinski definition) is 2. The van der Waals surface area contributed by atoms with Crippen molar-refractivity contribution in [2.75, 3.05) is 5.32 Å². The van der Waals surface area contributed by atoms with Crippen LogP contribution < -0.4 is 10.6 Å². The number of hydrogen-bond donors (Lipinski definition) is 2.